The average Bonchev–Trinajstić information content (AvgIpc) is 3.01. The molecule has 0 aromatic heterocycles. The monoisotopic (exact) mass is 478 g/mol. The van der Waals surface area contributed by atoms with Crippen LogP contribution in [0.1, 0.15) is 15.9 Å². The van der Waals surface area contributed by atoms with Crippen LogP contribution >= 0.6 is 0 Å². The number of carbonyl (C=O) groups excluding carboxylic acids is 1. The third kappa shape index (κ3) is 3.96. The molecule has 35 heavy (non-hydrogen) atoms. The summed E-state index contributed by atoms with van der Waals surface area (Å²) in [7, 11) is 5.27. The molecule has 2 aromatic carbocycles. The largest absolute Gasteiger partial charge is 0.494 e. The molecule has 0 aliphatic carbocycles. The standard InChI is InChI=1S/C25H27FN6O3/c1-29-6-7-30(2)24-23(29)28-22-18(12-16(15-27)13-20(22)31-8-10-35-11-9-31)25(33)32(24)17-4-5-21(34-3)19(26)14-17/h4-5,12-14,24H,6-11H2,1-3H3. The van der Waals surface area contributed by atoms with E-state index in [1.165, 1.54) is 19.2 Å². The molecule has 182 valence electrons. The number of fused-ring (bicyclic) bond motifs is 2. The number of carbonyl (C=O) groups is 1. The van der Waals surface area contributed by atoms with Gasteiger partial charge in [-0.25, -0.2) is 9.38 Å². The fraction of sp³-hybridized carbons (Fsp3) is 0.400. The molecule has 1 atom stereocenters. The van der Waals surface area contributed by atoms with Crippen LogP contribution < -0.4 is 14.5 Å². The van der Waals surface area contributed by atoms with Crippen LogP contribution in [0.3, 0.4) is 0 Å². The summed E-state index contributed by atoms with van der Waals surface area (Å²) in [4.78, 5) is 27.0. The Morgan fingerprint density at radius 3 is 2.60 bits per heavy atom. The van der Waals surface area contributed by atoms with Gasteiger partial charge in [-0.2, -0.15) is 5.26 Å². The lowest BCUT2D eigenvalue weighted by atomic mass is 10.0. The molecule has 0 radical (unpaired) electrons. The number of hydrogen-bond donors (Lipinski definition) is 0. The number of halogens is 1. The molecule has 1 amide bonds. The van der Waals surface area contributed by atoms with Crippen molar-refractivity contribution in [1.29, 1.82) is 5.26 Å². The topological polar surface area (TPSA) is 84.6 Å². The van der Waals surface area contributed by atoms with Gasteiger partial charge in [0.1, 0.15) is 17.7 Å². The van der Waals surface area contributed by atoms with E-state index >= 15 is 0 Å². The number of piperazine rings is 1. The van der Waals surface area contributed by atoms with E-state index in [1.54, 1.807) is 23.1 Å². The second-order valence-corrected chi connectivity index (χ2v) is 8.84. The zero-order valence-corrected chi connectivity index (χ0v) is 20.0. The minimum atomic E-state index is -0.563. The van der Waals surface area contributed by atoms with Crippen LogP contribution in [0.15, 0.2) is 35.3 Å². The number of anilines is 2. The summed E-state index contributed by atoms with van der Waals surface area (Å²) in [6.45, 7) is 3.79. The Labute approximate surface area is 203 Å². The van der Waals surface area contributed by atoms with E-state index in [1.807, 2.05) is 23.9 Å². The van der Waals surface area contributed by atoms with E-state index < -0.39 is 12.0 Å². The van der Waals surface area contributed by atoms with E-state index in [2.05, 4.69) is 11.0 Å². The van der Waals surface area contributed by atoms with Gasteiger partial charge in [-0.15, -0.1) is 0 Å². The van der Waals surface area contributed by atoms with Gasteiger partial charge in [0, 0.05) is 45.0 Å². The Morgan fingerprint density at radius 1 is 1.14 bits per heavy atom. The predicted octanol–water partition coefficient (Wildman–Crippen LogP) is 2.44. The van der Waals surface area contributed by atoms with E-state index in [0.717, 1.165) is 12.2 Å². The summed E-state index contributed by atoms with van der Waals surface area (Å²) in [6.07, 6.45) is -0.551. The predicted molar refractivity (Wildman–Crippen MR) is 130 cm³/mol. The Bertz CT molecular complexity index is 1240. The van der Waals surface area contributed by atoms with Gasteiger partial charge in [0.25, 0.3) is 5.91 Å². The Balaban J connectivity index is 1.75. The van der Waals surface area contributed by atoms with Crippen molar-refractivity contribution in [3.8, 4) is 11.8 Å². The van der Waals surface area contributed by atoms with Crippen LogP contribution in [0.2, 0.25) is 0 Å². The fourth-order valence-electron chi connectivity index (χ4n) is 4.82. The van der Waals surface area contributed by atoms with Crippen LogP contribution in [0.4, 0.5) is 21.5 Å². The molecule has 9 nitrogen and oxygen atoms in total. The first-order valence-electron chi connectivity index (χ1n) is 11.5. The first kappa shape index (κ1) is 23.1. The highest BCUT2D eigenvalue weighted by Crippen LogP contribution is 2.40. The van der Waals surface area contributed by atoms with E-state index in [0.29, 0.717) is 61.2 Å². The molecule has 3 heterocycles. The molecule has 2 fully saturated rings. The molecule has 3 aliphatic heterocycles. The number of rotatable bonds is 3. The van der Waals surface area contributed by atoms with Crippen molar-refractivity contribution in [2.75, 3.05) is 70.4 Å². The number of nitrogens with zero attached hydrogens (tertiary/aromatic N) is 6. The third-order valence-electron chi connectivity index (χ3n) is 6.73. The Kier molecular flexibility index (Phi) is 6.05. The highest BCUT2D eigenvalue weighted by Gasteiger charge is 2.42. The van der Waals surface area contributed by atoms with Gasteiger partial charge in [-0.05, 0) is 31.3 Å². The van der Waals surface area contributed by atoms with Crippen molar-refractivity contribution >= 4 is 28.8 Å². The molecule has 0 bridgehead atoms. The summed E-state index contributed by atoms with van der Waals surface area (Å²) in [5.41, 5.74) is 2.31. The van der Waals surface area contributed by atoms with Crippen molar-refractivity contribution in [1.82, 2.24) is 9.80 Å². The van der Waals surface area contributed by atoms with Crippen molar-refractivity contribution in [2.45, 2.75) is 6.17 Å². The fourth-order valence-corrected chi connectivity index (χ4v) is 4.82. The summed E-state index contributed by atoms with van der Waals surface area (Å²) in [5.74, 6) is -0.128. The minimum absolute atomic E-state index is 0.0980. The molecule has 3 aliphatic rings. The average molecular weight is 479 g/mol. The van der Waals surface area contributed by atoms with Crippen LogP contribution in [0, 0.1) is 17.1 Å². The van der Waals surface area contributed by atoms with E-state index in [9.17, 15) is 14.4 Å². The first-order chi connectivity index (χ1) is 16.9. The Hall–Kier alpha value is -3.68. The molecule has 2 saturated heterocycles. The maximum atomic E-state index is 14.8. The van der Waals surface area contributed by atoms with Crippen molar-refractivity contribution in [2.24, 2.45) is 4.99 Å². The van der Waals surface area contributed by atoms with E-state index in [4.69, 9.17) is 14.5 Å². The normalized spacial score (nSPS) is 20.5. The zero-order chi connectivity index (χ0) is 24.7. The number of amides is 1. The lowest BCUT2D eigenvalue weighted by Gasteiger charge is -2.44. The number of benzene rings is 2. The van der Waals surface area contributed by atoms with Gasteiger partial charge >= 0.3 is 0 Å². The van der Waals surface area contributed by atoms with Crippen LogP contribution in [0.5, 0.6) is 5.75 Å². The molecule has 5 rings (SSSR count). The number of nitriles is 1. The SMILES string of the molecule is COc1ccc(N2C(=O)c3cc(C#N)cc(N4CCOCC4)c3N=C3C2N(C)CCN3C)cc1F. The molecule has 0 saturated carbocycles. The van der Waals surface area contributed by atoms with Crippen LogP contribution in [-0.2, 0) is 4.74 Å². The quantitative estimate of drug-likeness (QED) is 0.670. The van der Waals surface area contributed by atoms with Crippen LogP contribution in [0.25, 0.3) is 0 Å². The summed E-state index contributed by atoms with van der Waals surface area (Å²) in [6, 6.07) is 10.0. The van der Waals surface area contributed by atoms with Gasteiger partial charge in [-0.1, -0.05) is 0 Å². The maximum absolute atomic E-state index is 14.8. The second-order valence-electron chi connectivity index (χ2n) is 8.84. The highest BCUT2D eigenvalue weighted by molar-refractivity contribution is 6.17. The number of morpholine rings is 1. The second kappa shape index (κ2) is 9.17. The van der Waals surface area contributed by atoms with Crippen LogP contribution in [-0.4, -0.2) is 88.3 Å². The molecular formula is C25H27FN6O3. The molecule has 0 spiro atoms. The molecule has 0 N–H and O–H groups in total. The van der Waals surface area contributed by atoms with Crippen molar-refractivity contribution in [3.63, 3.8) is 0 Å². The number of hydrogen-bond acceptors (Lipinski definition) is 8. The number of ether oxygens (including phenoxy) is 2. The minimum Gasteiger partial charge on any atom is -0.494 e. The van der Waals surface area contributed by atoms with E-state index in [-0.39, 0.29) is 11.7 Å². The summed E-state index contributed by atoms with van der Waals surface area (Å²) in [5, 5.41) is 9.75. The first-order valence-corrected chi connectivity index (χ1v) is 11.5. The molecule has 10 heteroatoms. The van der Waals surface area contributed by atoms with Crippen molar-refractivity contribution < 1.29 is 18.7 Å². The third-order valence-corrected chi connectivity index (χ3v) is 6.73. The lowest BCUT2D eigenvalue weighted by Crippen LogP contribution is -2.62. The molecular weight excluding hydrogens is 451 g/mol. The number of methoxy groups -OCH3 is 1. The number of likely N-dealkylation sites (N-methyl/N-ethyl adjacent to an activating group) is 2. The Morgan fingerprint density at radius 2 is 1.91 bits per heavy atom. The van der Waals surface area contributed by atoms with Gasteiger partial charge in [-0.3, -0.25) is 14.6 Å². The highest BCUT2D eigenvalue weighted by atomic mass is 19.1. The van der Waals surface area contributed by atoms with Gasteiger partial charge in [0.15, 0.2) is 11.6 Å². The van der Waals surface area contributed by atoms with Crippen molar-refractivity contribution in [3.05, 3.63) is 47.3 Å². The summed E-state index contributed by atoms with van der Waals surface area (Å²) >= 11 is 0. The van der Waals surface area contributed by atoms with Gasteiger partial charge in [0.2, 0.25) is 0 Å². The van der Waals surface area contributed by atoms with Gasteiger partial charge in [0.05, 0.1) is 43.2 Å². The zero-order valence-electron chi connectivity index (χ0n) is 20.0. The molecule has 2 aromatic rings. The summed E-state index contributed by atoms with van der Waals surface area (Å²) < 4.78 is 25.4. The lowest BCUT2D eigenvalue weighted by molar-refractivity contribution is 0.0949. The molecule has 1 unspecified atom stereocenters. The smallest absolute Gasteiger partial charge is 0.262 e. The van der Waals surface area contributed by atoms with Gasteiger partial charge < -0.3 is 19.3 Å². The number of aliphatic imine (C=N–C) groups is 1. The maximum Gasteiger partial charge on any atom is 0.262 e. The number of amidine groups is 1.